The van der Waals surface area contributed by atoms with Gasteiger partial charge in [0.05, 0.1) is 25.0 Å². The highest BCUT2D eigenvalue weighted by Crippen LogP contribution is 2.43. The molecule has 3 aromatic rings. The summed E-state index contributed by atoms with van der Waals surface area (Å²) >= 11 is 0. The number of hydrogen-bond acceptors (Lipinski definition) is 5. The molecule has 0 spiro atoms. The van der Waals surface area contributed by atoms with Crippen LogP contribution in [0, 0.1) is 6.92 Å². The average molecular weight is 525 g/mol. The number of nitrogens with one attached hydrogen (secondary N) is 1. The minimum Gasteiger partial charge on any atom is -0.311 e. The number of amides is 1. The maximum atomic E-state index is 15.4. The van der Waals surface area contributed by atoms with Crippen molar-refractivity contribution in [2.75, 3.05) is 31.1 Å². The Morgan fingerprint density at radius 2 is 1.95 bits per heavy atom. The van der Waals surface area contributed by atoms with Crippen molar-refractivity contribution in [3.63, 3.8) is 0 Å². The molecule has 1 aromatic carbocycles. The Hall–Kier alpha value is -3.17. The van der Waals surface area contributed by atoms with Crippen molar-refractivity contribution in [2.45, 2.75) is 65.1 Å². The molecule has 0 aliphatic carbocycles. The monoisotopic (exact) mass is 524 g/mol. The van der Waals surface area contributed by atoms with Crippen LogP contribution in [0.25, 0.3) is 0 Å². The number of hydrogen-bond donors (Lipinski definition) is 1. The first-order valence-electron chi connectivity index (χ1n) is 12.8. The van der Waals surface area contributed by atoms with Crippen LogP contribution in [0.3, 0.4) is 0 Å². The van der Waals surface area contributed by atoms with Gasteiger partial charge in [0.1, 0.15) is 5.69 Å². The van der Waals surface area contributed by atoms with E-state index in [4.69, 9.17) is 0 Å². The number of benzene rings is 1. The molecule has 2 aliphatic rings. The second-order valence-electron chi connectivity index (χ2n) is 11.0. The number of halogens is 2. The van der Waals surface area contributed by atoms with Gasteiger partial charge >= 0.3 is 5.92 Å². The van der Waals surface area contributed by atoms with E-state index in [0.717, 1.165) is 17.7 Å². The average Bonchev–Trinajstić information content (AvgIpc) is 3.40. The van der Waals surface area contributed by atoms with Gasteiger partial charge in [-0.25, -0.2) is 0 Å². The van der Waals surface area contributed by atoms with Gasteiger partial charge in [-0.3, -0.25) is 19.4 Å². The van der Waals surface area contributed by atoms with E-state index in [2.05, 4.69) is 27.2 Å². The van der Waals surface area contributed by atoms with Gasteiger partial charge in [0.2, 0.25) is 5.91 Å². The number of anilines is 1. The summed E-state index contributed by atoms with van der Waals surface area (Å²) in [5.41, 5.74) is 1.57. The number of piperazine rings is 1. The van der Waals surface area contributed by atoms with E-state index in [1.807, 2.05) is 37.8 Å². The minimum absolute atomic E-state index is 0. The van der Waals surface area contributed by atoms with Crippen molar-refractivity contribution in [2.24, 2.45) is 0 Å². The van der Waals surface area contributed by atoms with E-state index in [9.17, 15) is 4.79 Å². The fraction of sp³-hybridized carbons (Fsp3) is 0.483. The van der Waals surface area contributed by atoms with E-state index in [1.165, 1.54) is 24.4 Å². The Morgan fingerprint density at radius 1 is 1.21 bits per heavy atom. The van der Waals surface area contributed by atoms with Crippen LogP contribution in [0.2, 0.25) is 0 Å². The quantitative estimate of drug-likeness (QED) is 0.520. The van der Waals surface area contributed by atoms with Gasteiger partial charge in [-0.05, 0) is 25.5 Å². The number of aromatic nitrogens is 3. The predicted molar refractivity (Wildman–Crippen MR) is 146 cm³/mol. The first kappa shape index (κ1) is 27.9. The standard InChI is InChI=1S/C28H34F2N6O.CH4/c1-19-11-33-35(14-19)16-22-12-31-20(2)15-34(22)17-26(37)36-18-27(3,4)23-13-32-25(10-24(23)36)28(29,30)21-8-6-5-7-9-21;/h5-11,13-14,20,22,31H,12,15-18H2,1-4H3;1H4/t20-,22-;/m1./s1. The Kier molecular flexibility index (Phi) is 7.72. The summed E-state index contributed by atoms with van der Waals surface area (Å²) in [6.45, 7) is 10.9. The van der Waals surface area contributed by atoms with Crippen molar-refractivity contribution in [1.82, 2.24) is 25.0 Å². The van der Waals surface area contributed by atoms with Gasteiger partial charge in [-0.15, -0.1) is 0 Å². The molecular formula is C29H38F2N6O. The maximum absolute atomic E-state index is 15.4. The van der Waals surface area contributed by atoms with E-state index >= 15 is 8.78 Å². The Bertz CT molecular complexity index is 1280. The lowest BCUT2D eigenvalue weighted by Gasteiger charge is -2.39. The largest absolute Gasteiger partial charge is 0.314 e. The smallest absolute Gasteiger partial charge is 0.311 e. The molecule has 1 fully saturated rings. The van der Waals surface area contributed by atoms with E-state index in [-0.39, 0.29) is 48.6 Å². The molecule has 1 amide bonds. The fourth-order valence-corrected chi connectivity index (χ4v) is 5.39. The first-order chi connectivity index (χ1) is 17.5. The number of carbonyl (C=O) groups is 1. The summed E-state index contributed by atoms with van der Waals surface area (Å²) < 4.78 is 32.6. The third kappa shape index (κ3) is 5.35. The van der Waals surface area contributed by atoms with Crippen LogP contribution in [0.4, 0.5) is 14.5 Å². The lowest BCUT2D eigenvalue weighted by Crippen LogP contribution is -2.59. The van der Waals surface area contributed by atoms with Crippen LogP contribution in [0.15, 0.2) is 55.0 Å². The van der Waals surface area contributed by atoms with Crippen LogP contribution in [-0.2, 0) is 22.7 Å². The van der Waals surface area contributed by atoms with Gasteiger partial charge in [0.25, 0.3) is 0 Å². The van der Waals surface area contributed by atoms with Crippen LogP contribution >= 0.6 is 0 Å². The zero-order valence-corrected chi connectivity index (χ0v) is 21.8. The fourth-order valence-electron chi connectivity index (χ4n) is 5.39. The molecule has 7 nitrogen and oxygen atoms in total. The Labute approximate surface area is 223 Å². The zero-order valence-electron chi connectivity index (χ0n) is 21.8. The number of rotatable bonds is 6. The van der Waals surface area contributed by atoms with Gasteiger partial charge < -0.3 is 10.2 Å². The van der Waals surface area contributed by atoms with E-state index in [1.54, 1.807) is 23.1 Å². The van der Waals surface area contributed by atoms with Gasteiger partial charge in [0, 0.05) is 60.7 Å². The van der Waals surface area contributed by atoms with Crippen molar-refractivity contribution >= 4 is 11.6 Å². The third-order valence-electron chi connectivity index (χ3n) is 7.44. The van der Waals surface area contributed by atoms with Crippen molar-refractivity contribution < 1.29 is 13.6 Å². The molecule has 2 aliphatic heterocycles. The molecule has 0 saturated carbocycles. The molecule has 1 N–H and O–H groups in total. The molecule has 2 aromatic heterocycles. The Balaban J connectivity index is 0.00000336. The van der Waals surface area contributed by atoms with Gasteiger partial charge in [0.15, 0.2) is 0 Å². The van der Waals surface area contributed by atoms with Gasteiger partial charge in [-0.1, -0.05) is 51.6 Å². The number of pyridine rings is 1. The number of nitrogens with zero attached hydrogens (tertiary/aromatic N) is 5. The molecule has 5 rings (SSSR count). The summed E-state index contributed by atoms with van der Waals surface area (Å²) in [7, 11) is 0. The summed E-state index contributed by atoms with van der Waals surface area (Å²) in [5.74, 6) is -3.36. The lowest BCUT2D eigenvalue weighted by atomic mass is 9.88. The highest BCUT2D eigenvalue weighted by molar-refractivity contribution is 5.97. The molecule has 1 saturated heterocycles. The first-order valence-corrected chi connectivity index (χ1v) is 12.8. The normalized spacial score (nSPS) is 21.2. The summed E-state index contributed by atoms with van der Waals surface area (Å²) in [6, 6.07) is 9.41. The zero-order chi connectivity index (χ0) is 26.4. The molecular weight excluding hydrogens is 486 g/mol. The highest BCUT2D eigenvalue weighted by Gasteiger charge is 2.43. The molecule has 2 atom stereocenters. The van der Waals surface area contributed by atoms with Crippen molar-refractivity contribution in [3.05, 3.63) is 77.4 Å². The molecule has 4 heterocycles. The molecule has 204 valence electrons. The molecule has 9 heteroatoms. The maximum Gasteiger partial charge on any atom is 0.314 e. The number of aryl methyl sites for hydroxylation is 1. The lowest BCUT2D eigenvalue weighted by molar-refractivity contribution is -0.120. The van der Waals surface area contributed by atoms with Crippen LogP contribution < -0.4 is 10.2 Å². The SMILES string of the molecule is C.Cc1cnn(C[C@H]2CN[C@H](C)CN2CC(=O)N2CC(C)(C)c3cnc(C(F)(F)c4ccccc4)cc32)c1. The third-order valence-corrected chi connectivity index (χ3v) is 7.44. The van der Waals surface area contributed by atoms with Crippen LogP contribution in [0.5, 0.6) is 0 Å². The van der Waals surface area contributed by atoms with Crippen molar-refractivity contribution in [1.29, 1.82) is 0 Å². The van der Waals surface area contributed by atoms with E-state index < -0.39 is 5.92 Å². The predicted octanol–water partition coefficient (Wildman–Crippen LogP) is 4.35. The van der Waals surface area contributed by atoms with Gasteiger partial charge in [-0.2, -0.15) is 13.9 Å². The summed E-state index contributed by atoms with van der Waals surface area (Å²) in [6.07, 6.45) is 5.34. The summed E-state index contributed by atoms with van der Waals surface area (Å²) in [4.78, 5) is 21.8. The molecule has 38 heavy (non-hydrogen) atoms. The van der Waals surface area contributed by atoms with Crippen molar-refractivity contribution in [3.8, 4) is 0 Å². The molecule has 0 unspecified atom stereocenters. The van der Waals surface area contributed by atoms with Crippen LogP contribution in [-0.4, -0.2) is 63.8 Å². The van der Waals surface area contributed by atoms with E-state index in [0.29, 0.717) is 25.3 Å². The Morgan fingerprint density at radius 3 is 2.63 bits per heavy atom. The van der Waals surface area contributed by atoms with Crippen LogP contribution in [0.1, 0.15) is 50.6 Å². The summed E-state index contributed by atoms with van der Waals surface area (Å²) in [5, 5.41) is 7.92. The molecule has 0 radical (unpaired) electrons. The topological polar surface area (TPSA) is 66.3 Å². The highest BCUT2D eigenvalue weighted by atomic mass is 19.3. The minimum atomic E-state index is -3.27. The second kappa shape index (κ2) is 10.5. The number of alkyl halides is 2. The second-order valence-corrected chi connectivity index (χ2v) is 11.0. The molecule has 0 bridgehead atoms. The number of carbonyl (C=O) groups excluding carboxylic acids is 1. The number of fused-ring (bicyclic) bond motifs is 1.